The number of Topliss-reactive ketones (excluding diaryl/α,β-unsaturated/α-hetero) is 1. The van der Waals surface area contributed by atoms with Crippen LogP contribution in [0.2, 0.25) is 0 Å². The Labute approximate surface area is 256 Å². The molecule has 250 valence electrons. The van der Waals surface area contributed by atoms with E-state index in [1.165, 1.54) is 116 Å². The fourth-order valence-electron chi connectivity index (χ4n) is 5.78. The summed E-state index contributed by atoms with van der Waals surface area (Å²) in [5.41, 5.74) is 0. The first kappa shape index (κ1) is 39.4. The topological polar surface area (TPSA) is 137 Å². The molecule has 42 heavy (non-hydrogen) atoms. The van der Waals surface area contributed by atoms with Gasteiger partial charge in [-0.25, -0.2) is 0 Å². The third kappa shape index (κ3) is 20.4. The Morgan fingerprint density at radius 1 is 0.619 bits per heavy atom. The number of unbranched alkanes of at least 4 members (excludes halogenated alkanes) is 20. The highest BCUT2D eigenvalue weighted by Crippen LogP contribution is 2.22. The number of aliphatic hydroxyl groups excluding tert-OH is 5. The molecule has 0 aromatic carbocycles. The minimum Gasteiger partial charge on any atom is -0.394 e. The molecule has 0 aromatic heterocycles. The number of carbonyl (C=O) groups excluding carboxylic acids is 1. The SMILES string of the molecule is CC(=O)CCCCCCCCCCCCCCCCCCCCCCCC(O)CCO[C@@H]1O[C@H](CO)[C@@H](O)[C@H](O)[C@H]1O. The van der Waals surface area contributed by atoms with Crippen molar-refractivity contribution in [3.63, 3.8) is 0 Å². The number of carbonyl (C=O) groups is 1. The van der Waals surface area contributed by atoms with Crippen molar-refractivity contribution in [1.82, 2.24) is 0 Å². The Hall–Kier alpha value is -0.610. The van der Waals surface area contributed by atoms with Gasteiger partial charge < -0.3 is 39.8 Å². The number of hydrogen-bond acceptors (Lipinski definition) is 8. The highest BCUT2D eigenvalue weighted by molar-refractivity contribution is 5.75. The first-order chi connectivity index (χ1) is 20.4. The molecule has 1 aliphatic heterocycles. The van der Waals surface area contributed by atoms with Crippen molar-refractivity contribution in [3.8, 4) is 0 Å². The molecule has 0 spiro atoms. The summed E-state index contributed by atoms with van der Waals surface area (Å²) in [6, 6.07) is 0. The van der Waals surface area contributed by atoms with Crippen molar-refractivity contribution >= 4 is 5.78 Å². The fraction of sp³-hybridized carbons (Fsp3) is 0.971. The summed E-state index contributed by atoms with van der Waals surface area (Å²) in [5.74, 6) is 0.326. The molecule has 1 saturated heterocycles. The Bertz CT molecular complexity index is 616. The van der Waals surface area contributed by atoms with Crippen molar-refractivity contribution in [2.24, 2.45) is 0 Å². The number of rotatable bonds is 29. The highest BCUT2D eigenvalue weighted by atomic mass is 16.7. The zero-order chi connectivity index (χ0) is 30.8. The van der Waals surface area contributed by atoms with Gasteiger partial charge in [-0.05, 0) is 26.2 Å². The molecule has 0 radical (unpaired) electrons. The second-order valence-electron chi connectivity index (χ2n) is 12.7. The molecule has 0 aliphatic carbocycles. The molecule has 5 N–H and O–H groups in total. The fourth-order valence-corrected chi connectivity index (χ4v) is 5.78. The van der Waals surface area contributed by atoms with E-state index >= 15 is 0 Å². The molecular weight excluding hydrogens is 536 g/mol. The van der Waals surface area contributed by atoms with Gasteiger partial charge in [0.25, 0.3) is 0 Å². The molecule has 8 heteroatoms. The summed E-state index contributed by atoms with van der Waals surface area (Å²) in [6.07, 6.45) is 22.3. The van der Waals surface area contributed by atoms with Crippen molar-refractivity contribution < 1.29 is 39.8 Å². The molecule has 8 nitrogen and oxygen atoms in total. The van der Waals surface area contributed by atoms with Gasteiger partial charge in [0.15, 0.2) is 6.29 Å². The van der Waals surface area contributed by atoms with Crippen LogP contribution in [0.1, 0.15) is 161 Å². The van der Waals surface area contributed by atoms with Crippen LogP contribution in [0.15, 0.2) is 0 Å². The Kier molecular flexibility index (Phi) is 25.1. The van der Waals surface area contributed by atoms with Crippen LogP contribution in [0.3, 0.4) is 0 Å². The Morgan fingerprint density at radius 2 is 1.02 bits per heavy atom. The van der Waals surface area contributed by atoms with Gasteiger partial charge in [0.05, 0.1) is 19.3 Å². The average molecular weight is 603 g/mol. The number of ketones is 1. The summed E-state index contributed by atoms with van der Waals surface area (Å²) < 4.78 is 10.8. The molecule has 1 fully saturated rings. The Balaban J connectivity index is 1.78. The molecule has 1 unspecified atom stereocenters. The van der Waals surface area contributed by atoms with Crippen LogP contribution in [0.5, 0.6) is 0 Å². The van der Waals surface area contributed by atoms with Gasteiger partial charge in [-0.2, -0.15) is 0 Å². The smallest absolute Gasteiger partial charge is 0.186 e. The maximum atomic E-state index is 10.9. The predicted octanol–water partition coefficient (Wildman–Crippen LogP) is 6.12. The van der Waals surface area contributed by atoms with Gasteiger partial charge >= 0.3 is 0 Å². The van der Waals surface area contributed by atoms with Crippen LogP contribution in [0.25, 0.3) is 0 Å². The minimum absolute atomic E-state index is 0.163. The average Bonchev–Trinajstić information content (AvgIpc) is 2.97. The summed E-state index contributed by atoms with van der Waals surface area (Å²) in [7, 11) is 0. The van der Waals surface area contributed by atoms with Crippen LogP contribution in [-0.4, -0.2) is 81.3 Å². The predicted molar refractivity (Wildman–Crippen MR) is 167 cm³/mol. The maximum absolute atomic E-state index is 10.9. The first-order valence-corrected chi connectivity index (χ1v) is 17.5. The Morgan fingerprint density at radius 3 is 1.43 bits per heavy atom. The van der Waals surface area contributed by atoms with Crippen LogP contribution in [-0.2, 0) is 14.3 Å². The molecule has 6 atom stereocenters. The number of hydrogen-bond donors (Lipinski definition) is 5. The van der Waals surface area contributed by atoms with Gasteiger partial charge in [-0.15, -0.1) is 0 Å². The van der Waals surface area contributed by atoms with E-state index in [-0.39, 0.29) is 6.61 Å². The van der Waals surface area contributed by atoms with Gasteiger partial charge in [-0.3, -0.25) is 0 Å². The normalized spacial score (nSPS) is 23.3. The summed E-state index contributed by atoms with van der Waals surface area (Å²) >= 11 is 0. The lowest BCUT2D eigenvalue weighted by atomic mass is 9.99. The second kappa shape index (κ2) is 26.8. The van der Waals surface area contributed by atoms with E-state index < -0.39 is 43.4 Å². The van der Waals surface area contributed by atoms with E-state index in [1.807, 2.05) is 0 Å². The molecule has 0 saturated carbocycles. The van der Waals surface area contributed by atoms with E-state index in [9.17, 15) is 30.3 Å². The second-order valence-corrected chi connectivity index (χ2v) is 12.7. The zero-order valence-corrected chi connectivity index (χ0v) is 26.8. The van der Waals surface area contributed by atoms with Crippen LogP contribution in [0, 0.1) is 0 Å². The third-order valence-corrected chi connectivity index (χ3v) is 8.65. The van der Waals surface area contributed by atoms with Crippen LogP contribution >= 0.6 is 0 Å². The minimum atomic E-state index is -1.45. The van der Waals surface area contributed by atoms with Crippen molar-refractivity contribution in [3.05, 3.63) is 0 Å². The molecular formula is C34H66O8. The number of aliphatic hydroxyl groups is 5. The lowest BCUT2D eigenvalue weighted by molar-refractivity contribution is -0.301. The van der Waals surface area contributed by atoms with E-state index in [0.29, 0.717) is 18.6 Å². The highest BCUT2D eigenvalue weighted by Gasteiger charge is 2.43. The first-order valence-electron chi connectivity index (χ1n) is 17.5. The van der Waals surface area contributed by atoms with Crippen molar-refractivity contribution in [2.75, 3.05) is 13.2 Å². The van der Waals surface area contributed by atoms with Gasteiger partial charge in [-0.1, -0.05) is 128 Å². The van der Waals surface area contributed by atoms with Gasteiger partial charge in [0.2, 0.25) is 0 Å². The lowest BCUT2D eigenvalue weighted by Gasteiger charge is -2.39. The lowest BCUT2D eigenvalue weighted by Crippen LogP contribution is -2.59. The van der Waals surface area contributed by atoms with E-state index in [0.717, 1.165) is 25.7 Å². The monoisotopic (exact) mass is 602 g/mol. The van der Waals surface area contributed by atoms with Crippen LogP contribution in [0.4, 0.5) is 0 Å². The molecule has 1 heterocycles. The standard InChI is InChI=1S/C34H66O8/c1-28(36)23-21-19-17-15-13-11-9-7-5-3-2-4-6-8-10-12-14-16-18-20-22-24-29(37)25-26-41-34-33(40)32(39)31(38)30(27-35)42-34/h29-35,37-40H,2-27H2,1H3/t29?,30-,31-,32+,33-,34-/m1/s1. The third-order valence-electron chi connectivity index (χ3n) is 8.65. The number of ether oxygens (including phenoxy) is 2. The van der Waals surface area contributed by atoms with Gasteiger partial charge in [0.1, 0.15) is 30.2 Å². The van der Waals surface area contributed by atoms with Gasteiger partial charge in [0, 0.05) is 6.42 Å². The van der Waals surface area contributed by atoms with Crippen molar-refractivity contribution in [2.45, 2.75) is 198 Å². The van der Waals surface area contributed by atoms with Crippen molar-refractivity contribution in [1.29, 1.82) is 0 Å². The molecule has 0 amide bonds. The molecule has 0 bridgehead atoms. The summed E-state index contributed by atoms with van der Waals surface area (Å²) in [4.78, 5) is 10.9. The largest absolute Gasteiger partial charge is 0.394 e. The van der Waals surface area contributed by atoms with Crippen LogP contribution < -0.4 is 0 Å². The zero-order valence-electron chi connectivity index (χ0n) is 26.8. The van der Waals surface area contributed by atoms with E-state index in [1.54, 1.807) is 6.92 Å². The molecule has 1 rings (SSSR count). The van der Waals surface area contributed by atoms with E-state index in [4.69, 9.17) is 9.47 Å². The summed E-state index contributed by atoms with van der Waals surface area (Å²) in [5, 5.41) is 49.0. The molecule has 0 aromatic rings. The maximum Gasteiger partial charge on any atom is 0.186 e. The summed E-state index contributed by atoms with van der Waals surface area (Å²) in [6.45, 7) is 1.37. The van der Waals surface area contributed by atoms with E-state index in [2.05, 4.69) is 0 Å². The quantitative estimate of drug-likeness (QED) is 0.0647. The molecule has 1 aliphatic rings.